The Hall–Kier alpha value is -2.66. The van der Waals surface area contributed by atoms with Crippen LogP contribution in [0.15, 0.2) is 54.6 Å². The van der Waals surface area contributed by atoms with E-state index in [0.717, 1.165) is 49.7 Å². The lowest BCUT2D eigenvalue weighted by Gasteiger charge is -2.23. The largest absolute Gasteiger partial charge is 0.490 e. The SMILES string of the molecule is O=C(O)c1ccc2c(c1)O[C@H]1CC[C@H](/C=C/C(O)C3(c4ccc(F)cc4)CC3)[C@H]1CC2. The molecule has 162 valence electrons. The fraction of sp³-hybridized carbons (Fsp3) is 0.423. The molecule has 4 nitrogen and oxygen atoms in total. The quantitative estimate of drug-likeness (QED) is 0.673. The van der Waals surface area contributed by atoms with Gasteiger partial charge in [-0.2, -0.15) is 0 Å². The average molecular weight is 422 g/mol. The van der Waals surface area contributed by atoms with E-state index in [0.29, 0.717) is 17.6 Å². The zero-order valence-electron chi connectivity index (χ0n) is 17.3. The van der Waals surface area contributed by atoms with Crippen LogP contribution in [-0.2, 0) is 11.8 Å². The van der Waals surface area contributed by atoms with Gasteiger partial charge in [0.2, 0.25) is 0 Å². The highest BCUT2D eigenvalue weighted by atomic mass is 19.1. The van der Waals surface area contributed by atoms with Crippen LogP contribution >= 0.6 is 0 Å². The third-order valence-corrected chi connectivity index (χ3v) is 7.47. The van der Waals surface area contributed by atoms with Gasteiger partial charge < -0.3 is 14.9 Å². The van der Waals surface area contributed by atoms with Crippen molar-refractivity contribution in [3.63, 3.8) is 0 Å². The number of fused-ring (bicyclic) bond motifs is 2. The van der Waals surface area contributed by atoms with Gasteiger partial charge in [0.15, 0.2) is 0 Å². The van der Waals surface area contributed by atoms with E-state index in [2.05, 4.69) is 6.08 Å². The number of rotatable bonds is 5. The molecule has 2 saturated carbocycles. The summed E-state index contributed by atoms with van der Waals surface area (Å²) in [6.45, 7) is 0. The van der Waals surface area contributed by atoms with E-state index in [9.17, 15) is 19.4 Å². The van der Waals surface area contributed by atoms with Crippen molar-refractivity contribution in [1.82, 2.24) is 0 Å². The maximum absolute atomic E-state index is 13.3. The Labute approximate surface area is 181 Å². The van der Waals surface area contributed by atoms with Crippen LogP contribution in [-0.4, -0.2) is 28.4 Å². The number of benzene rings is 2. The van der Waals surface area contributed by atoms with Crippen LogP contribution in [0.25, 0.3) is 0 Å². The van der Waals surface area contributed by atoms with Gasteiger partial charge in [-0.15, -0.1) is 0 Å². The highest BCUT2D eigenvalue weighted by molar-refractivity contribution is 5.88. The number of carboxylic acid groups (broad SMARTS) is 1. The molecule has 1 heterocycles. The second kappa shape index (κ2) is 7.79. The fourth-order valence-corrected chi connectivity index (χ4v) is 5.44. The molecule has 0 radical (unpaired) electrons. The number of allylic oxidation sites excluding steroid dienone is 1. The van der Waals surface area contributed by atoms with Gasteiger partial charge in [-0.25, -0.2) is 9.18 Å². The van der Waals surface area contributed by atoms with Crippen molar-refractivity contribution in [2.75, 3.05) is 0 Å². The number of hydrogen-bond donors (Lipinski definition) is 2. The van der Waals surface area contributed by atoms with Crippen molar-refractivity contribution < 1.29 is 24.1 Å². The first-order chi connectivity index (χ1) is 15.0. The number of hydrogen-bond acceptors (Lipinski definition) is 3. The molecule has 0 aromatic heterocycles. The van der Waals surface area contributed by atoms with Gasteiger partial charge >= 0.3 is 5.97 Å². The van der Waals surface area contributed by atoms with E-state index in [4.69, 9.17) is 4.74 Å². The molecule has 1 unspecified atom stereocenters. The first-order valence-corrected chi connectivity index (χ1v) is 11.1. The second-order valence-corrected chi connectivity index (χ2v) is 9.22. The highest BCUT2D eigenvalue weighted by Crippen LogP contribution is 2.52. The van der Waals surface area contributed by atoms with Crippen LogP contribution in [0, 0.1) is 17.7 Å². The number of aryl methyl sites for hydroxylation is 1. The number of carboxylic acids is 1. The molecular weight excluding hydrogens is 395 g/mol. The van der Waals surface area contributed by atoms with Crippen LogP contribution in [0.3, 0.4) is 0 Å². The summed E-state index contributed by atoms with van der Waals surface area (Å²) in [6, 6.07) is 11.7. The van der Waals surface area contributed by atoms with Crippen molar-refractivity contribution in [1.29, 1.82) is 0 Å². The first kappa shape index (κ1) is 20.3. The van der Waals surface area contributed by atoms with Crippen molar-refractivity contribution in [3.8, 4) is 5.75 Å². The summed E-state index contributed by atoms with van der Waals surface area (Å²) < 4.78 is 19.6. The maximum atomic E-state index is 13.3. The molecule has 2 N–H and O–H groups in total. The zero-order valence-corrected chi connectivity index (χ0v) is 17.3. The Morgan fingerprint density at radius 1 is 1.13 bits per heavy atom. The van der Waals surface area contributed by atoms with E-state index in [-0.39, 0.29) is 22.9 Å². The molecule has 2 fully saturated rings. The molecule has 0 amide bonds. The summed E-state index contributed by atoms with van der Waals surface area (Å²) in [5.74, 6) is 0.183. The topological polar surface area (TPSA) is 66.8 Å². The number of aliphatic hydroxyl groups is 1. The molecule has 5 rings (SSSR count). The van der Waals surface area contributed by atoms with Crippen LogP contribution in [0.5, 0.6) is 5.75 Å². The Morgan fingerprint density at radius 2 is 1.90 bits per heavy atom. The van der Waals surface area contributed by atoms with E-state index >= 15 is 0 Å². The van der Waals surface area contributed by atoms with Crippen LogP contribution in [0.2, 0.25) is 0 Å². The number of carbonyl (C=O) groups is 1. The Balaban J connectivity index is 1.29. The molecule has 0 bridgehead atoms. The molecule has 2 aromatic carbocycles. The molecular formula is C26H27FO4. The molecule has 2 aromatic rings. The van der Waals surface area contributed by atoms with Crippen molar-refractivity contribution in [3.05, 3.63) is 77.1 Å². The van der Waals surface area contributed by atoms with Crippen LogP contribution < -0.4 is 4.74 Å². The third-order valence-electron chi connectivity index (χ3n) is 7.47. The predicted octanol–water partition coefficient (Wildman–Crippen LogP) is 4.89. The van der Waals surface area contributed by atoms with Gasteiger partial charge in [0, 0.05) is 11.3 Å². The average Bonchev–Trinajstić information content (AvgIpc) is 3.52. The Morgan fingerprint density at radius 3 is 2.61 bits per heavy atom. The number of halogens is 1. The maximum Gasteiger partial charge on any atom is 0.335 e. The van der Waals surface area contributed by atoms with Gasteiger partial charge in [0.25, 0.3) is 0 Å². The Bertz CT molecular complexity index is 1010. The van der Waals surface area contributed by atoms with Crippen molar-refractivity contribution in [2.45, 2.75) is 56.1 Å². The van der Waals surface area contributed by atoms with Gasteiger partial charge in [-0.05, 0) is 79.8 Å². The molecule has 0 saturated heterocycles. The van der Waals surface area contributed by atoms with Gasteiger partial charge in [-0.3, -0.25) is 0 Å². The summed E-state index contributed by atoms with van der Waals surface area (Å²) in [6.07, 6.45) is 9.16. The zero-order chi connectivity index (χ0) is 21.6. The molecule has 0 spiro atoms. The number of aliphatic hydroxyl groups excluding tert-OH is 1. The molecule has 3 aliphatic rings. The molecule has 2 aliphatic carbocycles. The van der Waals surface area contributed by atoms with E-state index < -0.39 is 12.1 Å². The summed E-state index contributed by atoms with van der Waals surface area (Å²) in [5, 5.41) is 20.2. The van der Waals surface area contributed by atoms with Crippen molar-refractivity contribution in [2.24, 2.45) is 11.8 Å². The fourth-order valence-electron chi connectivity index (χ4n) is 5.44. The lowest BCUT2D eigenvalue weighted by atomic mass is 9.86. The van der Waals surface area contributed by atoms with Gasteiger partial charge in [0.05, 0.1) is 11.7 Å². The van der Waals surface area contributed by atoms with Gasteiger partial charge in [-0.1, -0.05) is 30.4 Å². The lowest BCUT2D eigenvalue weighted by molar-refractivity contribution is 0.0695. The highest BCUT2D eigenvalue weighted by Gasteiger charge is 2.49. The standard InChI is InChI=1S/C26H27FO4/c27-20-8-6-19(7-9-20)26(13-14-26)24(28)12-5-16-4-11-22-21(16)10-3-17-1-2-18(25(29)30)15-23(17)31-22/h1-2,5-9,12,15-16,21-22,24,28H,3-4,10-11,13-14H2,(H,29,30)/b12-5+/t16-,21-,22+,24?/m1/s1. The number of aromatic carboxylic acids is 1. The monoisotopic (exact) mass is 422 g/mol. The third kappa shape index (κ3) is 3.76. The van der Waals surface area contributed by atoms with Crippen LogP contribution in [0.4, 0.5) is 4.39 Å². The minimum absolute atomic E-state index is 0.0732. The van der Waals surface area contributed by atoms with Crippen LogP contribution in [0.1, 0.15) is 53.6 Å². The minimum atomic E-state index is -0.941. The molecule has 5 heteroatoms. The summed E-state index contributed by atoms with van der Waals surface area (Å²) >= 11 is 0. The smallest absolute Gasteiger partial charge is 0.335 e. The van der Waals surface area contributed by atoms with E-state index in [1.54, 1.807) is 24.3 Å². The second-order valence-electron chi connectivity index (χ2n) is 9.22. The Kier molecular flexibility index (Phi) is 5.09. The summed E-state index contributed by atoms with van der Waals surface area (Å²) in [5.41, 5.74) is 2.03. The minimum Gasteiger partial charge on any atom is -0.490 e. The summed E-state index contributed by atoms with van der Waals surface area (Å²) in [4.78, 5) is 11.3. The predicted molar refractivity (Wildman–Crippen MR) is 115 cm³/mol. The van der Waals surface area contributed by atoms with Gasteiger partial charge in [0.1, 0.15) is 17.7 Å². The lowest BCUT2D eigenvalue weighted by Crippen LogP contribution is -2.25. The molecule has 1 aliphatic heterocycles. The molecule has 4 atom stereocenters. The molecule has 31 heavy (non-hydrogen) atoms. The first-order valence-electron chi connectivity index (χ1n) is 11.1. The van der Waals surface area contributed by atoms with Crippen molar-refractivity contribution >= 4 is 5.97 Å². The van der Waals surface area contributed by atoms with E-state index in [1.165, 1.54) is 12.1 Å². The van der Waals surface area contributed by atoms with E-state index in [1.807, 2.05) is 12.1 Å². The normalized spacial score (nSPS) is 27.1. The number of ether oxygens (including phenoxy) is 1. The summed E-state index contributed by atoms with van der Waals surface area (Å²) in [7, 11) is 0.